The number of hydrogen-bond acceptors (Lipinski definition) is 4. The molecule has 2 rings (SSSR count). The first kappa shape index (κ1) is 30.6. The molecule has 2 aromatic rings. The van der Waals surface area contributed by atoms with Crippen LogP contribution >= 0.6 is 11.6 Å². The van der Waals surface area contributed by atoms with Gasteiger partial charge < -0.3 is 10.2 Å². The highest BCUT2D eigenvalue weighted by Crippen LogP contribution is 2.28. The summed E-state index contributed by atoms with van der Waals surface area (Å²) in [4.78, 5) is 28.2. The van der Waals surface area contributed by atoms with E-state index in [1.807, 2.05) is 52.0 Å². The molecule has 2 amide bonds. The van der Waals surface area contributed by atoms with Crippen molar-refractivity contribution in [3.8, 4) is 0 Å². The summed E-state index contributed by atoms with van der Waals surface area (Å²) in [6.45, 7) is 10.6. The average molecular weight is 550 g/mol. The second-order valence-electron chi connectivity index (χ2n) is 9.90. The predicted octanol–water partition coefficient (Wildman–Crippen LogP) is 5.08. The van der Waals surface area contributed by atoms with E-state index in [1.165, 1.54) is 4.31 Å². The fraction of sp³-hybridized carbons (Fsp3) is 0.500. The Morgan fingerprint density at radius 1 is 1.08 bits per heavy atom. The molecular weight excluding hydrogens is 510 g/mol. The molecule has 0 radical (unpaired) electrons. The molecule has 0 saturated carbocycles. The molecule has 0 aliphatic heterocycles. The summed E-state index contributed by atoms with van der Waals surface area (Å²) in [5, 5.41) is 3.44. The van der Waals surface area contributed by atoms with Gasteiger partial charge in [0.1, 0.15) is 6.04 Å². The van der Waals surface area contributed by atoms with Crippen LogP contribution in [-0.2, 0) is 26.2 Å². The molecule has 0 unspecified atom stereocenters. The van der Waals surface area contributed by atoms with E-state index in [-0.39, 0.29) is 24.8 Å². The summed E-state index contributed by atoms with van der Waals surface area (Å²) in [7, 11) is -3.59. The van der Waals surface area contributed by atoms with Crippen molar-refractivity contribution in [2.24, 2.45) is 5.92 Å². The Kier molecular flexibility index (Phi) is 11.4. The highest BCUT2D eigenvalue weighted by Gasteiger charge is 2.29. The Balaban J connectivity index is 2.24. The molecule has 37 heavy (non-hydrogen) atoms. The first-order valence-corrected chi connectivity index (χ1v) is 14.9. The molecule has 0 aliphatic carbocycles. The van der Waals surface area contributed by atoms with Gasteiger partial charge in [-0.15, -0.1) is 0 Å². The van der Waals surface area contributed by atoms with Crippen molar-refractivity contribution >= 4 is 39.1 Å². The van der Waals surface area contributed by atoms with Gasteiger partial charge in [-0.3, -0.25) is 13.9 Å². The maximum atomic E-state index is 13.5. The van der Waals surface area contributed by atoms with Gasteiger partial charge in [-0.1, -0.05) is 68.3 Å². The minimum Gasteiger partial charge on any atom is -0.354 e. The Hall–Kier alpha value is -2.58. The summed E-state index contributed by atoms with van der Waals surface area (Å²) in [6, 6.07) is 12.4. The molecule has 2 aromatic carbocycles. The smallest absolute Gasteiger partial charge is 0.242 e. The van der Waals surface area contributed by atoms with E-state index >= 15 is 0 Å². The van der Waals surface area contributed by atoms with Crippen molar-refractivity contribution in [3.63, 3.8) is 0 Å². The van der Waals surface area contributed by atoms with Gasteiger partial charge in [0.25, 0.3) is 0 Å². The van der Waals surface area contributed by atoms with Crippen molar-refractivity contribution in [3.05, 3.63) is 64.2 Å². The van der Waals surface area contributed by atoms with Crippen molar-refractivity contribution in [1.82, 2.24) is 10.2 Å². The minimum absolute atomic E-state index is 0.103. The van der Waals surface area contributed by atoms with E-state index in [0.717, 1.165) is 17.4 Å². The third-order valence-electron chi connectivity index (χ3n) is 6.17. The monoisotopic (exact) mass is 549 g/mol. The molecule has 9 heteroatoms. The van der Waals surface area contributed by atoms with Crippen LogP contribution in [0.3, 0.4) is 0 Å². The summed E-state index contributed by atoms with van der Waals surface area (Å²) in [5.74, 6) is -0.0758. The Morgan fingerprint density at radius 3 is 2.35 bits per heavy atom. The highest BCUT2D eigenvalue weighted by molar-refractivity contribution is 7.92. The van der Waals surface area contributed by atoms with Crippen LogP contribution in [-0.4, -0.2) is 50.5 Å². The van der Waals surface area contributed by atoms with Gasteiger partial charge in [0.2, 0.25) is 21.8 Å². The number of sulfonamides is 1. The fourth-order valence-electron chi connectivity index (χ4n) is 4.20. The topological polar surface area (TPSA) is 86.8 Å². The van der Waals surface area contributed by atoms with Gasteiger partial charge >= 0.3 is 0 Å². The normalized spacial score (nSPS) is 12.3. The van der Waals surface area contributed by atoms with Crippen molar-refractivity contribution in [1.29, 1.82) is 0 Å². The molecule has 1 N–H and O–H groups in total. The van der Waals surface area contributed by atoms with Gasteiger partial charge in [-0.2, -0.15) is 0 Å². The first-order valence-electron chi connectivity index (χ1n) is 12.7. The Labute approximate surface area is 227 Å². The van der Waals surface area contributed by atoms with Crippen LogP contribution in [0.1, 0.15) is 56.7 Å². The molecule has 204 valence electrons. The van der Waals surface area contributed by atoms with Crippen molar-refractivity contribution < 1.29 is 18.0 Å². The van der Waals surface area contributed by atoms with Gasteiger partial charge in [-0.25, -0.2) is 8.42 Å². The number of anilines is 1. The van der Waals surface area contributed by atoms with Crippen LogP contribution in [0.2, 0.25) is 5.02 Å². The first-order chi connectivity index (χ1) is 17.3. The summed E-state index contributed by atoms with van der Waals surface area (Å²) in [5.41, 5.74) is 3.17. The van der Waals surface area contributed by atoms with Crippen LogP contribution in [0, 0.1) is 19.8 Å². The molecule has 0 bridgehead atoms. The zero-order valence-electron chi connectivity index (χ0n) is 22.8. The van der Waals surface area contributed by atoms with Gasteiger partial charge in [0, 0.05) is 31.1 Å². The van der Waals surface area contributed by atoms with E-state index in [2.05, 4.69) is 5.32 Å². The van der Waals surface area contributed by atoms with Gasteiger partial charge in [-0.05, 0) is 55.9 Å². The number of rotatable bonds is 13. The lowest BCUT2D eigenvalue weighted by atomic mass is 10.1. The van der Waals surface area contributed by atoms with E-state index in [4.69, 9.17) is 11.6 Å². The molecule has 0 aliphatic rings. The summed E-state index contributed by atoms with van der Waals surface area (Å²) < 4.78 is 26.5. The Morgan fingerprint density at radius 2 is 1.76 bits per heavy atom. The van der Waals surface area contributed by atoms with E-state index in [9.17, 15) is 18.0 Å². The Bertz CT molecular complexity index is 1180. The number of nitrogens with one attached hydrogen (secondary N) is 1. The van der Waals surface area contributed by atoms with Crippen LogP contribution in [0.15, 0.2) is 42.5 Å². The van der Waals surface area contributed by atoms with Crippen LogP contribution in [0.25, 0.3) is 0 Å². The van der Waals surface area contributed by atoms with Crippen molar-refractivity contribution in [2.45, 2.75) is 66.5 Å². The highest BCUT2D eigenvalue weighted by atomic mass is 35.5. The standard InChI is InChI=1S/C28H40ClN3O4S/c1-7-25(28(34)30-18-20(2)3)31(19-23-12-8-11-21(4)17-23)27(33)15-10-16-32(37(6,35)36)26-14-9-13-24(29)22(26)5/h8-9,11-14,17,20,25H,7,10,15-16,18-19H2,1-6H3,(H,30,34)/t25-/m1/s1. The second-order valence-corrected chi connectivity index (χ2v) is 12.2. The third kappa shape index (κ3) is 9.04. The van der Waals surface area contributed by atoms with E-state index in [0.29, 0.717) is 48.1 Å². The molecule has 0 heterocycles. The molecule has 0 saturated heterocycles. The lowest BCUT2D eigenvalue weighted by molar-refractivity contribution is -0.141. The number of benzene rings is 2. The largest absolute Gasteiger partial charge is 0.354 e. The summed E-state index contributed by atoms with van der Waals surface area (Å²) in [6.07, 6.45) is 2.02. The average Bonchev–Trinajstić information content (AvgIpc) is 2.81. The molecule has 7 nitrogen and oxygen atoms in total. The van der Waals surface area contributed by atoms with Crippen LogP contribution in [0.5, 0.6) is 0 Å². The summed E-state index contributed by atoms with van der Waals surface area (Å²) >= 11 is 6.23. The predicted molar refractivity (Wildman–Crippen MR) is 151 cm³/mol. The molecule has 0 fully saturated rings. The fourth-order valence-corrected chi connectivity index (χ4v) is 5.38. The maximum absolute atomic E-state index is 13.5. The molecular formula is C28H40ClN3O4S. The number of halogens is 1. The zero-order chi connectivity index (χ0) is 27.8. The minimum atomic E-state index is -3.59. The number of hydrogen-bond donors (Lipinski definition) is 1. The maximum Gasteiger partial charge on any atom is 0.242 e. The zero-order valence-corrected chi connectivity index (χ0v) is 24.3. The molecule has 1 atom stereocenters. The lowest BCUT2D eigenvalue weighted by Crippen LogP contribution is -2.49. The number of carbonyl (C=O) groups is 2. The van der Waals surface area contributed by atoms with Crippen molar-refractivity contribution in [2.75, 3.05) is 23.7 Å². The molecule has 0 spiro atoms. The van der Waals surface area contributed by atoms with E-state index in [1.54, 1.807) is 30.0 Å². The number of nitrogens with zero attached hydrogens (tertiary/aromatic N) is 2. The number of amides is 2. The molecule has 0 aromatic heterocycles. The van der Waals surface area contributed by atoms with Gasteiger partial charge in [0.05, 0.1) is 11.9 Å². The second kappa shape index (κ2) is 13.8. The van der Waals surface area contributed by atoms with E-state index < -0.39 is 16.1 Å². The van der Waals surface area contributed by atoms with Gasteiger partial charge in [0.15, 0.2) is 0 Å². The third-order valence-corrected chi connectivity index (χ3v) is 7.76. The van der Waals surface area contributed by atoms with Crippen LogP contribution < -0.4 is 9.62 Å². The lowest BCUT2D eigenvalue weighted by Gasteiger charge is -2.31. The quantitative estimate of drug-likeness (QED) is 0.377. The number of aryl methyl sites for hydroxylation is 1. The van der Waals surface area contributed by atoms with Crippen LogP contribution in [0.4, 0.5) is 5.69 Å². The SMILES string of the molecule is CC[C@H](C(=O)NCC(C)C)N(Cc1cccc(C)c1)C(=O)CCCN(c1cccc(Cl)c1C)S(C)(=O)=O. The number of carbonyl (C=O) groups excluding carboxylic acids is 2.